The number of carbonyl (C=O) groups is 1. The van der Waals surface area contributed by atoms with E-state index in [-0.39, 0.29) is 10.8 Å². The standard InChI is InChI=1S/C21H22IN3O4S2/c1-31(27,28)18-8-4-7-17-19(18)23-21(30-17)25(10-9-24-11-13-29-14-12-24)20(26)15-5-2-3-6-16(15)22/h2-8H,9-14H2,1H3. The van der Waals surface area contributed by atoms with Gasteiger partial charge < -0.3 is 4.74 Å². The van der Waals surface area contributed by atoms with Crippen LogP contribution in [-0.2, 0) is 14.6 Å². The van der Waals surface area contributed by atoms with Gasteiger partial charge in [0.2, 0.25) is 0 Å². The predicted molar refractivity (Wildman–Crippen MR) is 131 cm³/mol. The van der Waals surface area contributed by atoms with E-state index in [1.54, 1.807) is 23.1 Å². The molecule has 0 bridgehead atoms. The third kappa shape index (κ3) is 5.08. The van der Waals surface area contributed by atoms with E-state index in [1.165, 1.54) is 17.6 Å². The first-order valence-corrected chi connectivity index (χ1v) is 13.6. The first-order chi connectivity index (χ1) is 14.8. The predicted octanol–water partition coefficient (Wildman–Crippen LogP) is 3.28. The van der Waals surface area contributed by atoms with E-state index in [0.29, 0.717) is 42.5 Å². The average Bonchev–Trinajstić information content (AvgIpc) is 3.18. The fraction of sp³-hybridized carbons (Fsp3) is 0.333. The Balaban J connectivity index is 1.73. The summed E-state index contributed by atoms with van der Waals surface area (Å²) in [6.07, 6.45) is 1.18. The van der Waals surface area contributed by atoms with E-state index < -0.39 is 9.84 Å². The van der Waals surface area contributed by atoms with Gasteiger partial charge in [0.05, 0.1) is 28.4 Å². The lowest BCUT2D eigenvalue weighted by Crippen LogP contribution is -2.43. The van der Waals surface area contributed by atoms with Crippen molar-refractivity contribution in [2.75, 3.05) is 50.5 Å². The Morgan fingerprint density at radius 1 is 1.19 bits per heavy atom. The first-order valence-electron chi connectivity index (χ1n) is 9.81. The molecular formula is C21H22IN3O4S2. The van der Waals surface area contributed by atoms with Crippen LogP contribution in [0.2, 0.25) is 0 Å². The number of para-hydroxylation sites is 1. The van der Waals surface area contributed by atoms with Crippen molar-refractivity contribution in [3.63, 3.8) is 0 Å². The molecule has 164 valence electrons. The molecule has 7 nitrogen and oxygen atoms in total. The lowest BCUT2D eigenvalue weighted by atomic mass is 10.2. The van der Waals surface area contributed by atoms with Gasteiger partial charge in [-0.3, -0.25) is 14.6 Å². The summed E-state index contributed by atoms with van der Waals surface area (Å²) in [4.78, 5) is 22.3. The first kappa shape index (κ1) is 22.6. The molecule has 0 atom stereocenters. The minimum atomic E-state index is -3.43. The monoisotopic (exact) mass is 571 g/mol. The maximum atomic E-state index is 13.5. The van der Waals surface area contributed by atoms with Gasteiger partial charge in [0.15, 0.2) is 15.0 Å². The zero-order valence-electron chi connectivity index (χ0n) is 17.0. The Labute approximate surface area is 199 Å². The maximum absolute atomic E-state index is 13.5. The largest absolute Gasteiger partial charge is 0.379 e. The van der Waals surface area contributed by atoms with E-state index in [9.17, 15) is 13.2 Å². The third-order valence-electron chi connectivity index (χ3n) is 5.09. The van der Waals surface area contributed by atoms with Crippen LogP contribution in [0.25, 0.3) is 10.2 Å². The molecule has 0 aliphatic carbocycles. The number of fused-ring (bicyclic) bond motifs is 1. The van der Waals surface area contributed by atoms with Crippen molar-refractivity contribution in [1.82, 2.24) is 9.88 Å². The second-order valence-corrected chi connectivity index (χ2v) is 11.4. The summed E-state index contributed by atoms with van der Waals surface area (Å²) in [6, 6.07) is 12.5. The van der Waals surface area contributed by atoms with Crippen LogP contribution >= 0.6 is 33.9 Å². The molecule has 1 aliphatic heterocycles. The molecule has 2 heterocycles. The molecule has 1 fully saturated rings. The average molecular weight is 571 g/mol. The molecule has 4 rings (SSSR count). The zero-order chi connectivity index (χ0) is 22.0. The number of thiazole rings is 1. The molecule has 1 amide bonds. The number of amides is 1. The Morgan fingerprint density at radius 3 is 2.65 bits per heavy atom. The van der Waals surface area contributed by atoms with Gasteiger partial charge in [0.25, 0.3) is 5.91 Å². The summed E-state index contributed by atoms with van der Waals surface area (Å²) in [7, 11) is -3.43. The number of aromatic nitrogens is 1. The van der Waals surface area contributed by atoms with Crippen molar-refractivity contribution in [2.24, 2.45) is 0 Å². The molecule has 0 radical (unpaired) electrons. The van der Waals surface area contributed by atoms with Gasteiger partial charge >= 0.3 is 0 Å². The van der Waals surface area contributed by atoms with Crippen LogP contribution in [-0.4, -0.2) is 69.9 Å². The molecule has 31 heavy (non-hydrogen) atoms. The Bertz CT molecular complexity index is 1210. The quantitative estimate of drug-likeness (QED) is 0.423. The lowest BCUT2D eigenvalue weighted by molar-refractivity contribution is 0.0391. The minimum absolute atomic E-state index is 0.141. The maximum Gasteiger partial charge on any atom is 0.261 e. The molecule has 0 unspecified atom stereocenters. The molecule has 1 aromatic heterocycles. The van der Waals surface area contributed by atoms with Crippen LogP contribution < -0.4 is 4.90 Å². The molecule has 0 N–H and O–H groups in total. The number of sulfone groups is 1. The van der Waals surface area contributed by atoms with Gasteiger partial charge in [0, 0.05) is 36.0 Å². The highest BCUT2D eigenvalue weighted by atomic mass is 127. The van der Waals surface area contributed by atoms with E-state index in [1.807, 2.05) is 24.3 Å². The van der Waals surface area contributed by atoms with Crippen LogP contribution in [0, 0.1) is 3.57 Å². The molecule has 0 saturated carbocycles. The smallest absolute Gasteiger partial charge is 0.261 e. The van der Waals surface area contributed by atoms with Crippen LogP contribution in [0.3, 0.4) is 0 Å². The number of morpholine rings is 1. The van der Waals surface area contributed by atoms with Gasteiger partial charge in [-0.2, -0.15) is 0 Å². The second-order valence-electron chi connectivity index (χ2n) is 7.26. The fourth-order valence-electron chi connectivity index (χ4n) is 3.46. The van der Waals surface area contributed by atoms with Crippen molar-refractivity contribution in [1.29, 1.82) is 0 Å². The molecule has 10 heteroatoms. The minimum Gasteiger partial charge on any atom is -0.379 e. The molecule has 1 aliphatic rings. The molecule has 2 aromatic carbocycles. The van der Waals surface area contributed by atoms with Gasteiger partial charge in [-0.1, -0.05) is 29.5 Å². The number of anilines is 1. The van der Waals surface area contributed by atoms with Crippen molar-refractivity contribution >= 4 is 65.0 Å². The highest BCUT2D eigenvalue weighted by Crippen LogP contribution is 2.33. The van der Waals surface area contributed by atoms with Crippen LogP contribution in [0.1, 0.15) is 10.4 Å². The number of carbonyl (C=O) groups excluding carboxylic acids is 1. The van der Waals surface area contributed by atoms with E-state index in [2.05, 4.69) is 32.5 Å². The van der Waals surface area contributed by atoms with Crippen LogP contribution in [0.5, 0.6) is 0 Å². The van der Waals surface area contributed by atoms with Crippen molar-refractivity contribution in [2.45, 2.75) is 4.90 Å². The van der Waals surface area contributed by atoms with E-state index in [0.717, 1.165) is 21.4 Å². The van der Waals surface area contributed by atoms with Crippen molar-refractivity contribution in [3.05, 3.63) is 51.6 Å². The molecular weight excluding hydrogens is 549 g/mol. The highest BCUT2D eigenvalue weighted by molar-refractivity contribution is 14.1. The third-order valence-corrected chi connectivity index (χ3v) is 8.21. The number of rotatable bonds is 6. The van der Waals surface area contributed by atoms with E-state index in [4.69, 9.17) is 4.74 Å². The van der Waals surface area contributed by atoms with Crippen LogP contribution in [0.15, 0.2) is 47.4 Å². The summed E-state index contributed by atoms with van der Waals surface area (Å²) >= 11 is 3.49. The van der Waals surface area contributed by atoms with Crippen LogP contribution in [0.4, 0.5) is 5.13 Å². The Kier molecular flexibility index (Phi) is 6.92. The SMILES string of the molecule is CS(=O)(=O)c1cccc2sc(N(CCN3CCOCC3)C(=O)c3ccccc3I)nc12. The van der Waals surface area contributed by atoms with Crippen molar-refractivity contribution < 1.29 is 17.9 Å². The summed E-state index contributed by atoms with van der Waals surface area (Å²) in [5.74, 6) is -0.141. The van der Waals surface area contributed by atoms with Gasteiger partial charge in [-0.25, -0.2) is 13.4 Å². The number of ether oxygens (including phenoxy) is 1. The van der Waals surface area contributed by atoms with Gasteiger partial charge in [-0.15, -0.1) is 0 Å². The summed E-state index contributed by atoms with van der Waals surface area (Å²) < 4.78 is 31.5. The van der Waals surface area contributed by atoms with E-state index >= 15 is 0 Å². The number of benzene rings is 2. The number of nitrogens with zero attached hydrogens (tertiary/aromatic N) is 3. The normalized spacial score (nSPS) is 15.3. The number of hydrogen-bond donors (Lipinski definition) is 0. The number of halogens is 1. The zero-order valence-corrected chi connectivity index (χ0v) is 20.7. The van der Waals surface area contributed by atoms with Gasteiger partial charge in [0.1, 0.15) is 5.52 Å². The van der Waals surface area contributed by atoms with Crippen molar-refractivity contribution in [3.8, 4) is 0 Å². The fourth-order valence-corrected chi connectivity index (χ4v) is 5.99. The second kappa shape index (κ2) is 9.49. The summed E-state index contributed by atoms with van der Waals surface area (Å²) in [6.45, 7) is 4.16. The lowest BCUT2D eigenvalue weighted by Gasteiger charge is -2.29. The highest BCUT2D eigenvalue weighted by Gasteiger charge is 2.25. The Hall–Kier alpha value is -1.60. The molecule has 3 aromatic rings. The summed E-state index contributed by atoms with van der Waals surface area (Å²) in [5.41, 5.74) is 1.02. The van der Waals surface area contributed by atoms with Gasteiger partial charge in [-0.05, 0) is 46.9 Å². The number of hydrogen-bond acceptors (Lipinski definition) is 7. The molecule has 0 spiro atoms. The molecule has 1 saturated heterocycles. The Morgan fingerprint density at radius 2 is 1.94 bits per heavy atom. The topological polar surface area (TPSA) is 79.8 Å². The summed E-state index contributed by atoms with van der Waals surface area (Å²) in [5, 5.41) is 0.504.